The second-order valence-corrected chi connectivity index (χ2v) is 6.34. The number of carboxylic acid groups (broad SMARTS) is 1. The average molecular weight is 282 g/mol. The molecule has 0 amide bonds. The summed E-state index contributed by atoms with van der Waals surface area (Å²) in [4.78, 5) is 11.0. The Morgan fingerprint density at radius 2 is 1.95 bits per heavy atom. The molecule has 0 unspecified atom stereocenters. The van der Waals surface area contributed by atoms with Crippen molar-refractivity contribution in [2.24, 2.45) is 0 Å². The Labute approximate surface area is 123 Å². The molecule has 0 atom stereocenters. The summed E-state index contributed by atoms with van der Waals surface area (Å²) in [6.07, 6.45) is 6.56. The highest BCUT2D eigenvalue weighted by molar-refractivity contribution is 5.70. The van der Waals surface area contributed by atoms with Gasteiger partial charge < -0.3 is 5.11 Å². The minimum absolute atomic E-state index is 0.117. The molecular formula is C17H18N2O2. The first-order valence-corrected chi connectivity index (χ1v) is 7.55. The maximum atomic E-state index is 11.0. The van der Waals surface area contributed by atoms with E-state index in [1.54, 1.807) is 0 Å². The second-order valence-electron chi connectivity index (χ2n) is 6.34. The van der Waals surface area contributed by atoms with Crippen molar-refractivity contribution in [3.05, 3.63) is 47.8 Å². The molecule has 2 aliphatic carbocycles. The predicted octanol–water partition coefficient (Wildman–Crippen LogP) is 3.26. The Bertz CT molecular complexity index is 679. The molecule has 1 heterocycles. The highest BCUT2D eigenvalue weighted by atomic mass is 16.4. The molecular weight excluding hydrogens is 264 g/mol. The molecule has 0 saturated heterocycles. The van der Waals surface area contributed by atoms with E-state index in [1.165, 1.54) is 18.5 Å². The van der Waals surface area contributed by atoms with Crippen molar-refractivity contribution in [2.75, 3.05) is 0 Å². The van der Waals surface area contributed by atoms with E-state index in [4.69, 9.17) is 5.11 Å². The van der Waals surface area contributed by atoms with Crippen molar-refractivity contribution < 1.29 is 9.90 Å². The third kappa shape index (κ3) is 2.24. The number of aromatic nitrogens is 2. The fourth-order valence-electron chi connectivity index (χ4n) is 3.18. The van der Waals surface area contributed by atoms with Crippen LogP contribution in [0.15, 0.2) is 36.5 Å². The van der Waals surface area contributed by atoms with Crippen LogP contribution in [0.5, 0.6) is 0 Å². The van der Waals surface area contributed by atoms with Crippen LogP contribution in [0.2, 0.25) is 0 Å². The lowest BCUT2D eigenvalue weighted by Crippen LogP contribution is -2.13. The van der Waals surface area contributed by atoms with Crippen molar-refractivity contribution >= 4 is 5.97 Å². The molecule has 1 aromatic carbocycles. The summed E-state index contributed by atoms with van der Waals surface area (Å²) in [5.74, 6) is -0.0476. The van der Waals surface area contributed by atoms with Gasteiger partial charge in [0.05, 0.1) is 12.1 Å². The molecule has 1 N–H and O–H groups in total. The highest BCUT2D eigenvalue weighted by Gasteiger charge is 2.45. The van der Waals surface area contributed by atoms with Gasteiger partial charge in [-0.1, -0.05) is 12.1 Å². The van der Waals surface area contributed by atoms with Gasteiger partial charge in [-0.05, 0) is 49.4 Å². The second kappa shape index (κ2) is 4.45. The van der Waals surface area contributed by atoms with Crippen LogP contribution in [0, 0.1) is 0 Å². The Balaban J connectivity index is 1.62. The highest BCUT2D eigenvalue weighted by Crippen LogP contribution is 2.51. The molecule has 108 valence electrons. The van der Waals surface area contributed by atoms with Gasteiger partial charge in [-0.3, -0.25) is 4.79 Å². The third-order valence-corrected chi connectivity index (χ3v) is 4.74. The Morgan fingerprint density at radius 3 is 2.52 bits per heavy atom. The van der Waals surface area contributed by atoms with Crippen LogP contribution in [-0.2, 0) is 10.2 Å². The van der Waals surface area contributed by atoms with Crippen LogP contribution in [0.4, 0.5) is 0 Å². The Morgan fingerprint density at radius 1 is 1.24 bits per heavy atom. The number of carboxylic acids is 1. The topological polar surface area (TPSA) is 55.1 Å². The fraction of sp³-hybridized carbons (Fsp3) is 0.412. The molecule has 0 radical (unpaired) electrons. The molecule has 2 aromatic rings. The summed E-state index contributed by atoms with van der Waals surface area (Å²) >= 11 is 0. The van der Waals surface area contributed by atoms with E-state index in [-0.39, 0.29) is 11.8 Å². The number of carbonyl (C=O) groups is 1. The lowest BCUT2D eigenvalue weighted by Gasteiger charge is -2.14. The smallest absolute Gasteiger partial charge is 0.304 e. The van der Waals surface area contributed by atoms with Crippen molar-refractivity contribution in [2.45, 2.75) is 43.4 Å². The van der Waals surface area contributed by atoms with E-state index >= 15 is 0 Å². The Kier molecular flexibility index (Phi) is 2.67. The summed E-state index contributed by atoms with van der Waals surface area (Å²) in [6, 6.07) is 10.4. The molecule has 2 aliphatic rings. The number of nitrogens with zero attached hydrogens (tertiary/aromatic N) is 2. The summed E-state index contributed by atoms with van der Waals surface area (Å²) in [5, 5.41) is 13.5. The predicted molar refractivity (Wildman–Crippen MR) is 78.7 cm³/mol. The summed E-state index contributed by atoms with van der Waals surface area (Å²) in [6.45, 7) is 0. The average Bonchev–Trinajstić information content (AvgIpc) is 3.40. The molecule has 0 aliphatic heterocycles. The van der Waals surface area contributed by atoms with Gasteiger partial charge in [0, 0.05) is 23.2 Å². The molecule has 0 bridgehead atoms. The summed E-state index contributed by atoms with van der Waals surface area (Å²) < 4.78 is 2.01. The van der Waals surface area contributed by atoms with E-state index in [2.05, 4.69) is 35.4 Å². The zero-order chi connectivity index (χ0) is 14.4. The Hall–Kier alpha value is -2.10. The lowest BCUT2D eigenvalue weighted by molar-refractivity contribution is -0.137. The molecule has 1 aromatic heterocycles. The zero-order valence-electron chi connectivity index (χ0n) is 11.8. The van der Waals surface area contributed by atoms with E-state index < -0.39 is 5.97 Å². The van der Waals surface area contributed by atoms with Gasteiger partial charge in [-0.15, -0.1) is 0 Å². The van der Waals surface area contributed by atoms with Crippen LogP contribution in [0.25, 0.3) is 5.69 Å². The standard InChI is InChI=1S/C17H18N2O2/c20-16(21)11-17(8-9-17)13-3-5-14(6-4-13)19-15(7-10-18-19)12-1-2-12/h3-7,10,12H,1-2,8-9,11H2,(H,20,21). The fourth-order valence-corrected chi connectivity index (χ4v) is 3.18. The molecule has 4 nitrogen and oxygen atoms in total. The van der Waals surface area contributed by atoms with Gasteiger partial charge >= 0.3 is 5.97 Å². The van der Waals surface area contributed by atoms with Gasteiger partial charge in [0.1, 0.15) is 0 Å². The number of aliphatic carboxylic acids is 1. The van der Waals surface area contributed by atoms with Gasteiger partial charge in [0.2, 0.25) is 0 Å². The van der Waals surface area contributed by atoms with Crippen molar-refractivity contribution in [3.63, 3.8) is 0 Å². The van der Waals surface area contributed by atoms with Crippen molar-refractivity contribution in [3.8, 4) is 5.69 Å². The summed E-state index contributed by atoms with van der Waals surface area (Å²) in [7, 11) is 0. The number of benzene rings is 1. The number of hydrogen-bond donors (Lipinski definition) is 1. The quantitative estimate of drug-likeness (QED) is 0.915. The van der Waals surface area contributed by atoms with Crippen LogP contribution in [-0.4, -0.2) is 20.9 Å². The molecule has 4 rings (SSSR count). The van der Waals surface area contributed by atoms with Gasteiger partial charge in [-0.25, -0.2) is 4.68 Å². The molecule has 4 heteroatoms. The molecule has 2 fully saturated rings. The number of hydrogen-bond acceptors (Lipinski definition) is 2. The van der Waals surface area contributed by atoms with Gasteiger partial charge in [-0.2, -0.15) is 5.10 Å². The summed E-state index contributed by atoms with van der Waals surface area (Å²) in [5.41, 5.74) is 3.38. The van der Waals surface area contributed by atoms with E-state index in [1.807, 2.05) is 10.9 Å². The van der Waals surface area contributed by atoms with E-state index in [0.717, 1.165) is 24.1 Å². The first-order chi connectivity index (χ1) is 10.2. The normalized spacial score (nSPS) is 19.4. The monoisotopic (exact) mass is 282 g/mol. The minimum atomic E-state index is -0.709. The first kappa shape index (κ1) is 12.6. The largest absolute Gasteiger partial charge is 0.481 e. The maximum absolute atomic E-state index is 11.0. The van der Waals surface area contributed by atoms with Crippen molar-refractivity contribution in [1.29, 1.82) is 0 Å². The molecule has 0 spiro atoms. The lowest BCUT2D eigenvalue weighted by atomic mass is 9.92. The third-order valence-electron chi connectivity index (χ3n) is 4.74. The van der Waals surface area contributed by atoms with E-state index in [0.29, 0.717) is 5.92 Å². The van der Waals surface area contributed by atoms with Crippen LogP contribution in [0.3, 0.4) is 0 Å². The van der Waals surface area contributed by atoms with Gasteiger partial charge in [0.15, 0.2) is 0 Å². The SMILES string of the molecule is O=C(O)CC1(c2ccc(-n3nccc3C3CC3)cc2)CC1. The van der Waals surface area contributed by atoms with Crippen LogP contribution in [0.1, 0.15) is 49.3 Å². The zero-order valence-corrected chi connectivity index (χ0v) is 11.8. The van der Waals surface area contributed by atoms with Crippen LogP contribution >= 0.6 is 0 Å². The first-order valence-electron chi connectivity index (χ1n) is 7.55. The van der Waals surface area contributed by atoms with E-state index in [9.17, 15) is 4.79 Å². The molecule has 21 heavy (non-hydrogen) atoms. The maximum Gasteiger partial charge on any atom is 0.304 e. The minimum Gasteiger partial charge on any atom is -0.481 e. The number of rotatable bonds is 5. The van der Waals surface area contributed by atoms with Crippen molar-refractivity contribution in [1.82, 2.24) is 9.78 Å². The van der Waals surface area contributed by atoms with Crippen LogP contribution < -0.4 is 0 Å². The van der Waals surface area contributed by atoms with Gasteiger partial charge in [0.25, 0.3) is 0 Å². The molecule has 2 saturated carbocycles.